The van der Waals surface area contributed by atoms with Crippen molar-refractivity contribution in [1.82, 2.24) is 9.88 Å². The van der Waals surface area contributed by atoms with Gasteiger partial charge in [-0.25, -0.2) is 4.39 Å². The van der Waals surface area contributed by atoms with Crippen molar-refractivity contribution in [3.8, 4) is 0 Å². The fraction of sp³-hybridized carbons (Fsp3) is 0.250. The average molecular weight is 324 g/mol. The van der Waals surface area contributed by atoms with Crippen LogP contribution >= 0.6 is 12.4 Å². The number of amides is 1. The van der Waals surface area contributed by atoms with Gasteiger partial charge in [0, 0.05) is 18.8 Å². The second kappa shape index (κ2) is 8.34. The first-order valence-corrected chi connectivity index (χ1v) is 6.81. The number of nitrogen functional groups attached to an aromatic ring is 1. The van der Waals surface area contributed by atoms with E-state index in [2.05, 4.69) is 4.98 Å². The topological polar surface area (TPSA) is 59.2 Å². The van der Waals surface area contributed by atoms with Crippen LogP contribution in [0.25, 0.3) is 0 Å². The summed E-state index contributed by atoms with van der Waals surface area (Å²) in [4.78, 5) is 18.1. The maximum absolute atomic E-state index is 13.2. The summed E-state index contributed by atoms with van der Waals surface area (Å²) in [5, 5.41) is 0. The summed E-state index contributed by atoms with van der Waals surface area (Å²) in [6.45, 7) is 2.85. The largest absolute Gasteiger partial charge is 0.397 e. The molecule has 0 unspecified atom stereocenters. The first-order valence-electron chi connectivity index (χ1n) is 6.81. The molecule has 4 nitrogen and oxygen atoms in total. The standard InChI is InChI=1S/C16H18FN3O.ClH/c1-2-20(11-12-4-3-5-13(17)8-12)16(21)9-15-7-6-14(18)10-19-15;/h3-8,10H,2,9,11,18H2,1H3;1H. The third kappa shape index (κ3) is 5.00. The normalized spacial score (nSPS) is 9.91. The average Bonchev–Trinajstić information content (AvgIpc) is 2.47. The molecule has 0 aliphatic carbocycles. The number of nitrogens with two attached hydrogens (primary N) is 1. The molecule has 1 heterocycles. The van der Waals surface area contributed by atoms with Gasteiger partial charge in [0.15, 0.2) is 0 Å². The highest BCUT2D eigenvalue weighted by molar-refractivity contribution is 5.85. The zero-order valence-corrected chi connectivity index (χ0v) is 13.1. The molecule has 1 aromatic carbocycles. The van der Waals surface area contributed by atoms with E-state index >= 15 is 0 Å². The molecular weight excluding hydrogens is 305 g/mol. The molecule has 0 saturated carbocycles. The van der Waals surface area contributed by atoms with Crippen LogP contribution in [-0.2, 0) is 17.8 Å². The van der Waals surface area contributed by atoms with E-state index in [0.29, 0.717) is 24.5 Å². The molecule has 118 valence electrons. The van der Waals surface area contributed by atoms with Gasteiger partial charge in [-0.3, -0.25) is 9.78 Å². The Morgan fingerprint density at radius 3 is 2.68 bits per heavy atom. The molecule has 1 aromatic heterocycles. The second-order valence-electron chi connectivity index (χ2n) is 4.80. The van der Waals surface area contributed by atoms with E-state index in [1.165, 1.54) is 18.3 Å². The highest BCUT2D eigenvalue weighted by atomic mass is 35.5. The van der Waals surface area contributed by atoms with Gasteiger partial charge in [0.1, 0.15) is 5.82 Å². The summed E-state index contributed by atoms with van der Waals surface area (Å²) < 4.78 is 13.2. The van der Waals surface area contributed by atoms with Gasteiger partial charge in [-0.05, 0) is 36.8 Å². The van der Waals surface area contributed by atoms with Gasteiger partial charge in [0.05, 0.1) is 18.3 Å². The molecule has 0 bridgehead atoms. The fourth-order valence-corrected chi connectivity index (χ4v) is 2.04. The van der Waals surface area contributed by atoms with Gasteiger partial charge in [0.2, 0.25) is 5.91 Å². The SMILES string of the molecule is CCN(Cc1cccc(F)c1)C(=O)Cc1ccc(N)cn1.Cl. The highest BCUT2D eigenvalue weighted by Gasteiger charge is 2.13. The minimum absolute atomic E-state index is 0. The lowest BCUT2D eigenvalue weighted by atomic mass is 10.2. The number of nitrogens with zero attached hydrogens (tertiary/aromatic N) is 2. The van der Waals surface area contributed by atoms with Gasteiger partial charge in [-0.15, -0.1) is 12.4 Å². The van der Waals surface area contributed by atoms with Crippen LogP contribution in [0, 0.1) is 5.82 Å². The monoisotopic (exact) mass is 323 g/mol. The molecule has 0 fully saturated rings. The number of rotatable bonds is 5. The smallest absolute Gasteiger partial charge is 0.228 e. The van der Waals surface area contributed by atoms with E-state index in [1.54, 1.807) is 29.2 Å². The number of carbonyl (C=O) groups is 1. The van der Waals surface area contributed by atoms with Crippen molar-refractivity contribution in [2.45, 2.75) is 19.9 Å². The quantitative estimate of drug-likeness (QED) is 0.920. The first-order chi connectivity index (χ1) is 10.1. The summed E-state index contributed by atoms with van der Waals surface area (Å²) in [6.07, 6.45) is 1.74. The molecule has 0 aliphatic rings. The minimum Gasteiger partial charge on any atom is -0.397 e. The van der Waals surface area contributed by atoms with Crippen molar-refractivity contribution < 1.29 is 9.18 Å². The summed E-state index contributed by atoms with van der Waals surface area (Å²) in [5.41, 5.74) is 7.58. The highest BCUT2D eigenvalue weighted by Crippen LogP contribution is 2.10. The van der Waals surface area contributed by atoms with Gasteiger partial charge >= 0.3 is 0 Å². The Morgan fingerprint density at radius 2 is 2.09 bits per heavy atom. The Labute approximate surface area is 135 Å². The maximum atomic E-state index is 13.2. The molecule has 2 rings (SSSR count). The maximum Gasteiger partial charge on any atom is 0.228 e. The van der Waals surface area contributed by atoms with Crippen molar-refractivity contribution >= 4 is 24.0 Å². The summed E-state index contributed by atoms with van der Waals surface area (Å²) in [5.74, 6) is -0.338. The molecule has 2 N–H and O–H groups in total. The number of aromatic nitrogens is 1. The first kappa shape index (κ1) is 17.9. The van der Waals surface area contributed by atoms with Crippen LogP contribution in [0.15, 0.2) is 42.6 Å². The van der Waals surface area contributed by atoms with Crippen LogP contribution in [0.4, 0.5) is 10.1 Å². The Bertz CT molecular complexity index is 619. The number of carbonyl (C=O) groups excluding carboxylic acids is 1. The predicted molar refractivity (Wildman–Crippen MR) is 87.1 cm³/mol. The molecule has 0 aliphatic heterocycles. The van der Waals surface area contributed by atoms with Gasteiger partial charge in [-0.1, -0.05) is 12.1 Å². The lowest BCUT2D eigenvalue weighted by molar-refractivity contribution is -0.130. The molecule has 2 aromatic rings. The predicted octanol–water partition coefficient (Wildman–Crippen LogP) is 2.82. The van der Waals surface area contributed by atoms with Crippen LogP contribution in [-0.4, -0.2) is 22.3 Å². The van der Waals surface area contributed by atoms with Crippen LogP contribution in [0.1, 0.15) is 18.2 Å². The van der Waals surface area contributed by atoms with E-state index in [0.717, 1.165) is 5.56 Å². The van der Waals surface area contributed by atoms with Crippen LogP contribution in [0.3, 0.4) is 0 Å². The van der Waals surface area contributed by atoms with Crippen molar-refractivity contribution in [3.05, 3.63) is 59.7 Å². The fourth-order valence-electron chi connectivity index (χ4n) is 2.04. The van der Waals surface area contributed by atoms with Crippen LogP contribution < -0.4 is 5.73 Å². The third-order valence-electron chi connectivity index (χ3n) is 3.18. The van der Waals surface area contributed by atoms with Crippen LogP contribution in [0.5, 0.6) is 0 Å². The van der Waals surface area contributed by atoms with E-state index in [-0.39, 0.29) is 30.6 Å². The summed E-state index contributed by atoms with van der Waals surface area (Å²) >= 11 is 0. The number of hydrogen-bond donors (Lipinski definition) is 1. The number of pyridine rings is 1. The number of hydrogen-bond acceptors (Lipinski definition) is 3. The Morgan fingerprint density at radius 1 is 1.32 bits per heavy atom. The molecule has 22 heavy (non-hydrogen) atoms. The van der Waals surface area contributed by atoms with E-state index < -0.39 is 0 Å². The Hall–Kier alpha value is -2.14. The van der Waals surface area contributed by atoms with Gasteiger partial charge in [0.25, 0.3) is 0 Å². The van der Waals surface area contributed by atoms with E-state index in [1.807, 2.05) is 6.92 Å². The number of benzene rings is 1. The molecule has 0 saturated heterocycles. The van der Waals surface area contributed by atoms with Crippen molar-refractivity contribution in [3.63, 3.8) is 0 Å². The van der Waals surface area contributed by atoms with Crippen LogP contribution in [0.2, 0.25) is 0 Å². The zero-order chi connectivity index (χ0) is 15.2. The number of anilines is 1. The molecular formula is C16H19ClFN3O. The molecule has 0 spiro atoms. The molecule has 1 amide bonds. The van der Waals surface area contributed by atoms with Crippen molar-refractivity contribution in [2.24, 2.45) is 0 Å². The third-order valence-corrected chi connectivity index (χ3v) is 3.18. The lowest BCUT2D eigenvalue weighted by Crippen LogP contribution is -2.31. The number of halogens is 2. The van der Waals surface area contributed by atoms with Gasteiger partial charge in [-0.2, -0.15) is 0 Å². The van der Waals surface area contributed by atoms with Crippen molar-refractivity contribution in [1.29, 1.82) is 0 Å². The summed E-state index contributed by atoms with van der Waals surface area (Å²) in [6, 6.07) is 9.74. The lowest BCUT2D eigenvalue weighted by Gasteiger charge is -2.21. The Balaban J connectivity index is 0.00000242. The minimum atomic E-state index is -0.295. The van der Waals surface area contributed by atoms with Crippen molar-refractivity contribution in [2.75, 3.05) is 12.3 Å². The molecule has 0 atom stereocenters. The summed E-state index contributed by atoms with van der Waals surface area (Å²) in [7, 11) is 0. The second-order valence-corrected chi connectivity index (χ2v) is 4.80. The van der Waals surface area contributed by atoms with Gasteiger partial charge < -0.3 is 10.6 Å². The van der Waals surface area contributed by atoms with E-state index in [9.17, 15) is 9.18 Å². The number of likely N-dealkylation sites (N-methyl/N-ethyl adjacent to an activating group) is 1. The molecule has 6 heteroatoms. The Kier molecular flexibility index (Phi) is 6.79. The van der Waals surface area contributed by atoms with E-state index in [4.69, 9.17) is 5.73 Å². The zero-order valence-electron chi connectivity index (χ0n) is 12.3. The molecule has 0 radical (unpaired) electrons.